The van der Waals surface area contributed by atoms with Crippen molar-refractivity contribution in [3.63, 3.8) is 0 Å². The Labute approximate surface area is 123 Å². The molecule has 0 aromatic heterocycles. The number of hydrogen-bond acceptors (Lipinski definition) is 3. The van der Waals surface area contributed by atoms with E-state index >= 15 is 0 Å². The second-order valence-corrected chi connectivity index (χ2v) is 7.48. The summed E-state index contributed by atoms with van der Waals surface area (Å²) in [7, 11) is 0. The number of amides is 1. The minimum absolute atomic E-state index is 0.102. The van der Waals surface area contributed by atoms with Crippen LogP contribution < -0.4 is 0 Å². The normalized spacial score (nSPS) is 29.5. The van der Waals surface area contributed by atoms with Gasteiger partial charge in [-0.25, -0.2) is 8.78 Å². The van der Waals surface area contributed by atoms with Gasteiger partial charge in [-0.15, -0.1) is 0 Å². The first-order valence-corrected chi connectivity index (χ1v) is 8.34. The predicted octanol–water partition coefficient (Wildman–Crippen LogP) is 2.24. The van der Waals surface area contributed by atoms with E-state index in [-0.39, 0.29) is 25.1 Å². The van der Waals surface area contributed by atoms with Crippen LogP contribution in [0.15, 0.2) is 0 Å². The van der Waals surface area contributed by atoms with Crippen molar-refractivity contribution in [2.24, 2.45) is 17.3 Å². The molecule has 1 saturated heterocycles. The third-order valence-corrected chi connectivity index (χ3v) is 5.75. The van der Waals surface area contributed by atoms with Gasteiger partial charge in [0, 0.05) is 18.5 Å². The molecule has 1 heterocycles. The summed E-state index contributed by atoms with van der Waals surface area (Å²) in [5.41, 5.74) is -0.623. The van der Waals surface area contributed by atoms with Gasteiger partial charge in [0.15, 0.2) is 0 Å². The first-order chi connectivity index (χ1) is 9.41. The maximum atomic E-state index is 13.0. The molecule has 1 saturated carbocycles. The molecule has 0 spiro atoms. The molecule has 2 rings (SSSR count). The fraction of sp³-hybridized carbons (Fsp3) is 0.929. The van der Waals surface area contributed by atoms with Crippen molar-refractivity contribution in [2.75, 3.05) is 24.7 Å². The van der Waals surface area contributed by atoms with Crippen LogP contribution in [0.1, 0.15) is 26.7 Å². The Morgan fingerprint density at radius 3 is 2.45 bits per heavy atom. The molecular weight excluding hydrogens is 284 g/mol. The zero-order chi connectivity index (χ0) is 14.9. The van der Waals surface area contributed by atoms with Gasteiger partial charge in [-0.1, -0.05) is 13.8 Å². The Hall–Kier alpha value is -0.360. The van der Waals surface area contributed by atoms with Gasteiger partial charge < -0.3 is 10.0 Å². The van der Waals surface area contributed by atoms with Crippen molar-refractivity contribution in [1.82, 2.24) is 4.90 Å². The lowest BCUT2D eigenvalue weighted by atomic mass is 10.1. The molecule has 3 nitrogen and oxygen atoms in total. The van der Waals surface area contributed by atoms with Crippen LogP contribution >= 0.6 is 11.8 Å². The molecule has 2 fully saturated rings. The summed E-state index contributed by atoms with van der Waals surface area (Å²) in [6, 6.07) is 0.102. The average Bonchev–Trinajstić information content (AvgIpc) is 2.99. The number of halogens is 2. The van der Waals surface area contributed by atoms with E-state index in [1.165, 1.54) is 0 Å². The largest absolute Gasteiger partial charge is 0.395 e. The van der Waals surface area contributed by atoms with E-state index in [0.29, 0.717) is 0 Å². The van der Waals surface area contributed by atoms with Crippen molar-refractivity contribution in [3.8, 4) is 0 Å². The van der Waals surface area contributed by atoms with E-state index in [0.717, 1.165) is 24.3 Å². The lowest BCUT2D eigenvalue weighted by molar-refractivity contribution is -0.137. The average molecular weight is 307 g/mol. The van der Waals surface area contributed by atoms with Gasteiger partial charge in [-0.3, -0.25) is 4.79 Å². The number of nitrogens with zero attached hydrogens (tertiary/aromatic N) is 1. The van der Waals surface area contributed by atoms with Gasteiger partial charge in [0.2, 0.25) is 12.3 Å². The van der Waals surface area contributed by atoms with Gasteiger partial charge in [0.05, 0.1) is 12.5 Å². The van der Waals surface area contributed by atoms with E-state index in [4.69, 9.17) is 0 Å². The first-order valence-electron chi connectivity index (χ1n) is 7.18. The van der Waals surface area contributed by atoms with Crippen molar-refractivity contribution < 1.29 is 18.7 Å². The number of alkyl halides is 2. The van der Waals surface area contributed by atoms with Gasteiger partial charge in [-0.05, 0) is 29.8 Å². The number of carbonyl (C=O) groups is 1. The molecule has 1 aliphatic carbocycles. The molecule has 1 amide bonds. The number of aliphatic hydroxyl groups is 1. The van der Waals surface area contributed by atoms with Gasteiger partial charge in [0.25, 0.3) is 0 Å². The van der Waals surface area contributed by atoms with Crippen LogP contribution in [0.4, 0.5) is 8.78 Å². The second-order valence-electron chi connectivity index (χ2n) is 6.26. The lowest BCUT2D eigenvalue weighted by Gasteiger charge is -2.34. The van der Waals surface area contributed by atoms with Crippen LogP contribution in [-0.2, 0) is 4.79 Å². The van der Waals surface area contributed by atoms with Gasteiger partial charge in [0.1, 0.15) is 0 Å². The molecule has 0 bridgehead atoms. The third-order valence-electron chi connectivity index (χ3n) is 4.70. The topological polar surface area (TPSA) is 40.5 Å². The summed E-state index contributed by atoms with van der Waals surface area (Å²) in [6.07, 6.45) is -0.664. The smallest absolute Gasteiger partial charge is 0.242 e. The molecule has 116 valence electrons. The summed E-state index contributed by atoms with van der Waals surface area (Å²) >= 11 is 1.85. The van der Waals surface area contributed by atoms with Crippen molar-refractivity contribution in [3.05, 3.63) is 0 Å². The van der Waals surface area contributed by atoms with Crippen LogP contribution in [0.5, 0.6) is 0 Å². The summed E-state index contributed by atoms with van der Waals surface area (Å²) in [6.45, 7) is 3.62. The zero-order valence-corrected chi connectivity index (χ0v) is 12.8. The highest BCUT2D eigenvalue weighted by molar-refractivity contribution is 7.99. The van der Waals surface area contributed by atoms with Crippen LogP contribution in [0.2, 0.25) is 0 Å². The highest BCUT2D eigenvalue weighted by Gasteiger charge is 2.66. The van der Waals surface area contributed by atoms with Gasteiger partial charge in [-0.2, -0.15) is 11.8 Å². The molecule has 0 aromatic rings. The molecule has 2 aliphatic rings. The van der Waals surface area contributed by atoms with Crippen molar-refractivity contribution in [2.45, 2.75) is 39.2 Å². The number of hydrogen-bond donors (Lipinski definition) is 1. The number of aliphatic hydroxyl groups excluding tert-OH is 1. The molecule has 1 N–H and O–H groups in total. The maximum Gasteiger partial charge on any atom is 0.242 e. The Kier molecular flexibility index (Phi) is 4.95. The van der Waals surface area contributed by atoms with E-state index in [9.17, 15) is 18.7 Å². The highest BCUT2D eigenvalue weighted by atomic mass is 32.2. The summed E-state index contributed by atoms with van der Waals surface area (Å²) in [5, 5.41) is 9.18. The molecule has 0 radical (unpaired) electrons. The second kappa shape index (κ2) is 6.18. The van der Waals surface area contributed by atoms with E-state index in [2.05, 4.69) is 0 Å². The molecular formula is C14H23F2NO2S. The minimum atomic E-state index is -2.45. The minimum Gasteiger partial charge on any atom is -0.395 e. The standard InChI is InChI=1S/C14H23F2NO2S/c1-14(2)10(12(15)16)11(14)13(19)17(5-6-18)9-3-7-20-8-4-9/h9-12,18H,3-8H2,1-2H3/t10-,11+/m1/s1. The van der Waals surface area contributed by atoms with E-state index in [1.54, 1.807) is 18.7 Å². The number of carbonyl (C=O) groups excluding carboxylic acids is 1. The molecule has 2 atom stereocenters. The Balaban J connectivity index is 2.07. The molecule has 0 aromatic carbocycles. The maximum absolute atomic E-state index is 13.0. The van der Waals surface area contributed by atoms with E-state index in [1.807, 2.05) is 11.8 Å². The van der Waals surface area contributed by atoms with Crippen LogP contribution in [0.3, 0.4) is 0 Å². The summed E-state index contributed by atoms with van der Waals surface area (Å²) in [5.74, 6) is 0.363. The molecule has 1 aliphatic heterocycles. The first kappa shape index (κ1) is 16.0. The highest BCUT2D eigenvalue weighted by Crippen LogP contribution is 2.61. The Bertz CT molecular complexity index is 359. The summed E-state index contributed by atoms with van der Waals surface area (Å²) < 4.78 is 26.0. The fourth-order valence-electron chi connectivity index (χ4n) is 3.38. The van der Waals surface area contributed by atoms with Gasteiger partial charge >= 0.3 is 0 Å². The van der Waals surface area contributed by atoms with Crippen LogP contribution in [-0.4, -0.2) is 53.0 Å². The van der Waals surface area contributed by atoms with Crippen LogP contribution in [0, 0.1) is 17.3 Å². The quantitative estimate of drug-likeness (QED) is 0.847. The SMILES string of the molecule is CC1(C)[C@H](C(=O)N(CCO)C2CCSCC2)[C@@H]1C(F)F. The Morgan fingerprint density at radius 1 is 1.40 bits per heavy atom. The molecule has 20 heavy (non-hydrogen) atoms. The van der Waals surface area contributed by atoms with Crippen molar-refractivity contribution >= 4 is 17.7 Å². The lowest BCUT2D eigenvalue weighted by Crippen LogP contribution is -2.45. The predicted molar refractivity (Wildman–Crippen MR) is 75.9 cm³/mol. The number of thioether (sulfide) groups is 1. The van der Waals surface area contributed by atoms with E-state index < -0.39 is 23.7 Å². The monoisotopic (exact) mass is 307 g/mol. The third kappa shape index (κ3) is 2.96. The Morgan fingerprint density at radius 2 is 2.00 bits per heavy atom. The summed E-state index contributed by atoms with van der Waals surface area (Å²) in [4.78, 5) is 14.3. The fourth-order valence-corrected chi connectivity index (χ4v) is 4.46. The number of rotatable bonds is 5. The van der Waals surface area contributed by atoms with Crippen LogP contribution in [0.25, 0.3) is 0 Å². The van der Waals surface area contributed by atoms with Crippen molar-refractivity contribution in [1.29, 1.82) is 0 Å². The molecule has 0 unspecified atom stereocenters. The zero-order valence-electron chi connectivity index (χ0n) is 12.0. The molecule has 6 heteroatoms.